The Balaban J connectivity index is 1.87. The van der Waals surface area contributed by atoms with Gasteiger partial charge in [0.2, 0.25) is 5.91 Å². The maximum atomic E-state index is 12.1. The van der Waals surface area contributed by atoms with E-state index in [-0.39, 0.29) is 11.6 Å². The van der Waals surface area contributed by atoms with E-state index in [1.165, 1.54) is 12.1 Å². The van der Waals surface area contributed by atoms with Crippen LogP contribution in [0.3, 0.4) is 0 Å². The minimum absolute atomic E-state index is 0.0688. The number of hydrogen-bond acceptors (Lipinski definition) is 4. The van der Waals surface area contributed by atoms with Gasteiger partial charge < -0.3 is 10.6 Å². The molecule has 6 heteroatoms. The fraction of sp³-hybridized carbons (Fsp3) is 0.500. The normalized spacial score (nSPS) is 18.2. The Morgan fingerprint density at radius 3 is 2.95 bits per heavy atom. The van der Waals surface area contributed by atoms with Crippen molar-refractivity contribution in [1.29, 1.82) is 0 Å². The summed E-state index contributed by atoms with van der Waals surface area (Å²) in [6, 6.07) is 6.45. The van der Waals surface area contributed by atoms with Crippen molar-refractivity contribution in [3.63, 3.8) is 0 Å². The zero-order valence-electron chi connectivity index (χ0n) is 11.3. The molecular weight excluding hydrogens is 258 g/mol. The molecule has 1 aromatic rings. The van der Waals surface area contributed by atoms with E-state index in [0.29, 0.717) is 25.3 Å². The molecule has 0 saturated carbocycles. The Labute approximate surface area is 117 Å². The van der Waals surface area contributed by atoms with Crippen LogP contribution in [0.25, 0.3) is 0 Å². The molecule has 1 unspecified atom stereocenters. The lowest BCUT2D eigenvalue weighted by Gasteiger charge is -2.16. The monoisotopic (exact) mass is 277 g/mol. The first kappa shape index (κ1) is 14.5. The van der Waals surface area contributed by atoms with Crippen LogP contribution in [0.1, 0.15) is 18.4 Å². The molecule has 0 bridgehead atoms. The molecule has 1 aliphatic rings. The van der Waals surface area contributed by atoms with Gasteiger partial charge >= 0.3 is 0 Å². The smallest absolute Gasteiger partial charge is 0.269 e. The fourth-order valence-electron chi connectivity index (χ4n) is 2.49. The number of nitrogens with zero attached hydrogens (tertiary/aromatic N) is 2. The summed E-state index contributed by atoms with van der Waals surface area (Å²) in [4.78, 5) is 24.2. The van der Waals surface area contributed by atoms with E-state index < -0.39 is 4.92 Å². The van der Waals surface area contributed by atoms with Crippen molar-refractivity contribution in [2.24, 2.45) is 11.7 Å². The van der Waals surface area contributed by atoms with Crippen molar-refractivity contribution in [2.75, 3.05) is 19.6 Å². The summed E-state index contributed by atoms with van der Waals surface area (Å²) in [5.41, 5.74) is 6.49. The van der Waals surface area contributed by atoms with Gasteiger partial charge in [-0.1, -0.05) is 12.1 Å². The summed E-state index contributed by atoms with van der Waals surface area (Å²) in [6.45, 7) is 2.13. The van der Waals surface area contributed by atoms with E-state index in [0.717, 1.165) is 25.1 Å². The third kappa shape index (κ3) is 3.54. The van der Waals surface area contributed by atoms with Gasteiger partial charge in [0.25, 0.3) is 5.69 Å². The fourth-order valence-corrected chi connectivity index (χ4v) is 2.49. The number of aryl methyl sites for hydroxylation is 1. The van der Waals surface area contributed by atoms with Crippen LogP contribution in [0.5, 0.6) is 0 Å². The zero-order valence-corrected chi connectivity index (χ0v) is 11.3. The molecule has 1 saturated heterocycles. The molecule has 6 nitrogen and oxygen atoms in total. The van der Waals surface area contributed by atoms with E-state index in [1.807, 2.05) is 11.0 Å². The second kappa shape index (κ2) is 6.47. The molecular formula is C14H19N3O3. The average Bonchev–Trinajstić information content (AvgIpc) is 2.94. The lowest BCUT2D eigenvalue weighted by Crippen LogP contribution is -2.30. The number of likely N-dealkylation sites (tertiary alicyclic amines) is 1. The number of rotatable bonds is 5. The topological polar surface area (TPSA) is 89.5 Å². The summed E-state index contributed by atoms with van der Waals surface area (Å²) < 4.78 is 0. The minimum atomic E-state index is -0.419. The maximum Gasteiger partial charge on any atom is 0.269 e. The third-order valence-corrected chi connectivity index (χ3v) is 3.72. The predicted molar refractivity (Wildman–Crippen MR) is 75.2 cm³/mol. The van der Waals surface area contributed by atoms with Crippen molar-refractivity contribution in [3.8, 4) is 0 Å². The van der Waals surface area contributed by atoms with Crippen LogP contribution in [-0.2, 0) is 11.2 Å². The molecule has 1 atom stereocenters. The Morgan fingerprint density at radius 1 is 1.50 bits per heavy atom. The lowest BCUT2D eigenvalue weighted by molar-refractivity contribution is -0.384. The summed E-state index contributed by atoms with van der Waals surface area (Å²) in [7, 11) is 0. The summed E-state index contributed by atoms with van der Waals surface area (Å²) in [5.74, 6) is 0.518. The number of non-ortho nitro benzene ring substituents is 1. The van der Waals surface area contributed by atoms with Crippen LogP contribution in [0.2, 0.25) is 0 Å². The summed E-state index contributed by atoms with van der Waals surface area (Å²) in [6.07, 6.45) is 1.89. The van der Waals surface area contributed by atoms with Crippen LogP contribution in [0.4, 0.5) is 5.69 Å². The van der Waals surface area contributed by atoms with E-state index in [9.17, 15) is 14.9 Å². The summed E-state index contributed by atoms with van der Waals surface area (Å²) >= 11 is 0. The number of nitro benzene ring substituents is 1. The van der Waals surface area contributed by atoms with Gasteiger partial charge in [-0.25, -0.2) is 0 Å². The highest BCUT2D eigenvalue weighted by molar-refractivity contribution is 5.76. The van der Waals surface area contributed by atoms with Gasteiger partial charge in [-0.15, -0.1) is 0 Å². The Kier molecular flexibility index (Phi) is 4.68. The van der Waals surface area contributed by atoms with Crippen molar-refractivity contribution in [2.45, 2.75) is 19.3 Å². The zero-order chi connectivity index (χ0) is 14.5. The molecule has 0 spiro atoms. The number of nitrogens with two attached hydrogens (primary N) is 1. The average molecular weight is 277 g/mol. The van der Waals surface area contributed by atoms with Crippen molar-refractivity contribution >= 4 is 11.6 Å². The highest BCUT2D eigenvalue weighted by Crippen LogP contribution is 2.18. The first-order valence-corrected chi connectivity index (χ1v) is 6.81. The number of carbonyl (C=O) groups excluding carboxylic acids is 1. The van der Waals surface area contributed by atoms with Gasteiger partial charge in [0.1, 0.15) is 0 Å². The molecule has 1 amide bonds. The molecule has 2 rings (SSSR count). The minimum Gasteiger partial charge on any atom is -0.342 e. The molecule has 1 heterocycles. The molecule has 0 aliphatic carbocycles. The number of amides is 1. The van der Waals surface area contributed by atoms with Gasteiger partial charge in [-0.3, -0.25) is 14.9 Å². The number of benzene rings is 1. The highest BCUT2D eigenvalue weighted by Gasteiger charge is 2.24. The van der Waals surface area contributed by atoms with Crippen molar-refractivity contribution < 1.29 is 9.72 Å². The predicted octanol–water partition coefficient (Wildman–Crippen LogP) is 1.33. The molecule has 0 radical (unpaired) electrons. The van der Waals surface area contributed by atoms with Crippen LogP contribution >= 0.6 is 0 Å². The first-order chi connectivity index (χ1) is 9.60. The van der Waals surface area contributed by atoms with Gasteiger partial charge in [0.15, 0.2) is 0 Å². The second-order valence-electron chi connectivity index (χ2n) is 5.16. The number of nitro groups is 1. The highest BCUT2D eigenvalue weighted by atomic mass is 16.6. The molecule has 20 heavy (non-hydrogen) atoms. The van der Waals surface area contributed by atoms with E-state index in [2.05, 4.69) is 0 Å². The third-order valence-electron chi connectivity index (χ3n) is 3.72. The largest absolute Gasteiger partial charge is 0.342 e. The quantitative estimate of drug-likeness (QED) is 0.649. The SMILES string of the molecule is NCC1CCN(C(=O)CCc2cccc([N+](=O)[O-])c2)C1. The van der Waals surface area contributed by atoms with Gasteiger partial charge in [0.05, 0.1) is 4.92 Å². The van der Waals surface area contributed by atoms with Gasteiger partial charge in [0, 0.05) is 31.6 Å². The molecule has 0 aromatic heterocycles. The molecule has 108 valence electrons. The van der Waals surface area contributed by atoms with Crippen molar-refractivity contribution in [1.82, 2.24) is 4.90 Å². The number of carbonyl (C=O) groups is 1. The van der Waals surface area contributed by atoms with Crippen LogP contribution in [0.15, 0.2) is 24.3 Å². The van der Waals surface area contributed by atoms with Crippen LogP contribution in [-0.4, -0.2) is 35.4 Å². The van der Waals surface area contributed by atoms with Crippen LogP contribution < -0.4 is 5.73 Å². The molecule has 1 fully saturated rings. The second-order valence-corrected chi connectivity index (χ2v) is 5.16. The molecule has 1 aromatic carbocycles. The van der Waals surface area contributed by atoms with E-state index in [1.54, 1.807) is 6.07 Å². The maximum absolute atomic E-state index is 12.1. The Bertz CT molecular complexity index is 504. The van der Waals surface area contributed by atoms with Gasteiger partial charge in [-0.05, 0) is 30.9 Å². The Morgan fingerprint density at radius 2 is 2.30 bits per heavy atom. The van der Waals surface area contributed by atoms with Crippen LogP contribution in [0, 0.1) is 16.0 Å². The van der Waals surface area contributed by atoms with E-state index in [4.69, 9.17) is 5.73 Å². The standard InChI is InChI=1S/C14H19N3O3/c15-9-12-6-7-16(10-12)14(18)5-4-11-2-1-3-13(8-11)17(19)20/h1-3,8,12H,4-7,9-10,15H2. The molecule has 1 aliphatic heterocycles. The van der Waals surface area contributed by atoms with E-state index >= 15 is 0 Å². The van der Waals surface area contributed by atoms with Gasteiger partial charge in [-0.2, -0.15) is 0 Å². The van der Waals surface area contributed by atoms with Crippen molar-refractivity contribution in [3.05, 3.63) is 39.9 Å². The number of hydrogen-bond donors (Lipinski definition) is 1. The first-order valence-electron chi connectivity index (χ1n) is 6.81. The summed E-state index contributed by atoms with van der Waals surface area (Å²) in [5, 5.41) is 10.7. The Hall–Kier alpha value is -1.95. The lowest BCUT2D eigenvalue weighted by atomic mass is 10.1. The molecule has 2 N–H and O–H groups in total.